The largest absolute Gasteiger partial charge is 0.456 e. The third-order valence-electron chi connectivity index (χ3n) is 10.7. The molecule has 8 aromatic carbocycles. The van der Waals surface area contributed by atoms with Crippen molar-refractivity contribution in [1.29, 1.82) is 0 Å². The van der Waals surface area contributed by atoms with Crippen LogP contribution in [0.2, 0.25) is 5.02 Å². The van der Waals surface area contributed by atoms with Crippen LogP contribution in [-0.4, -0.2) is 15.0 Å². The molecule has 11 rings (SSSR count). The summed E-state index contributed by atoms with van der Waals surface area (Å²) in [6.07, 6.45) is 0. The van der Waals surface area contributed by atoms with Crippen LogP contribution in [0.15, 0.2) is 192 Å². The van der Waals surface area contributed by atoms with Crippen molar-refractivity contribution in [2.45, 2.75) is 0 Å². The fourth-order valence-corrected chi connectivity index (χ4v) is 8.42. The maximum Gasteiger partial charge on any atom is 0.164 e. The Morgan fingerprint density at radius 1 is 0.386 bits per heavy atom. The lowest BCUT2D eigenvalue weighted by molar-refractivity contribution is 0.669. The number of hydrogen-bond donors (Lipinski definition) is 0. The van der Waals surface area contributed by atoms with Gasteiger partial charge in [-0.15, -0.1) is 0 Å². The van der Waals surface area contributed by atoms with E-state index in [9.17, 15) is 0 Å². The van der Waals surface area contributed by atoms with E-state index in [1.54, 1.807) is 0 Å². The molecule has 0 saturated carbocycles. The highest BCUT2D eigenvalue weighted by atomic mass is 35.5. The van der Waals surface area contributed by atoms with Gasteiger partial charge in [-0.25, -0.2) is 15.0 Å². The minimum Gasteiger partial charge on any atom is -0.456 e. The summed E-state index contributed by atoms with van der Waals surface area (Å²) in [4.78, 5) is 17.5. The molecule has 2 aromatic heterocycles. The van der Waals surface area contributed by atoms with Crippen LogP contribution in [-0.2, 0) is 0 Å². The fourth-order valence-electron chi connectivity index (χ4n) is 8.20. The highest BCUT2D eigenvalue weighted by Gasteiger charge is 2.31. The first-order chi connectivity index (χ1) is 28.2. The summed E-state index contributed by atoms with van der Waals surface area (Å²) >= 11 is 7.20. The van der Waals surface area contributed by atoms with Gasteiger partial charge in [0.25, 0.3) is 0 Å². The Balaban J connectivity index is 1.19. The lowest BCUT2D eigenvalue weighted by Gasteiger charge is -2.30. The first kappa shape index (κ1) is 33.0. The van der Waals surface area contributed by atoms with Gasteiger partial charge in [-0.05, 0) is 59.2 Å². The van der Waals surface area contributed by atoms with Crippen molar-refractivity contribution in [1.82, 2.24) is 15.0 Å². The molecule has 0 fully saturated rings. The smallest absolute Gasteiger partial charge is 0.164 e. The number of benzene rings is 8. The molecule has 0 unspecified atom stereocenters. The monoisotopic (exact) mass is 750 g/mol. The van der Waals surface area contributed by atoms with Crippen molar-refractivity contribution in [3.63, 3.8) is 0 Å². The first-order valence-corrected chi connectivity index (χ1v) is 19.3. The Bertz CT molecular complexity index is 3100. The molecule has 0 N–H and O–H groups in total. The SMILES string of the molecule is Clc1ccccc1N1c2ccc(-c3nc(-c4ccccc4)nc(-c4ccccc4)n3)cc2-c2ccccc2-c2cccc(-c3cccc4oc5ccccc5c34)c21. The molecular formula is C51H31ClN4O. The number of halogens is 1. The summed E-state index contributed by atoms with van der Waals surface area (Å²) in [6, 6.07) is 64.5. The van der Waals surface area contributed by atoms with E-state index in [2.05, 4.69) is 95.9 Å². The Labute approximate surface area is 334 Å². The second kappa shape index (κ2) is 13.4. The number of fused-ring (bicyclic) bond motifs is 8. The van der Waals surface area contributed by atoms with E-state index in [4.69, 9.17) is 31.0 Å². The van der Waals surface area contributed by atoms with Crippen LogP contribution < -0.4 is 4.90 Å². The average molecular weight is 751 g/mol. The van der Waals surface area contributed by atoms with Crippen molar-refractivity contribution >= 4 is 50.6 Å². The molecule has 0 bridgehead atoms. The molecule has 1 aliphatic heterocycles. The number of furan rings is 1. The molecular weight excluding hydrogens is 720 g/mol. The molecule has 268 valence electrons. The van der Waals surface area contributed by atoms with Gasteiger partial charge in [-0.1, -0.05) is 157 Å². The van der Waals surface area contributed by atoms with Crippen molar-refractivity contribution < 1.29 is 4.42 Å². The molecule has 0 aliphatic carbocycles. The number of rotatable bonds is 5. The predicted octanol–water partition coefficient (Wildman–Crippen LogP) is 14.2. The lowest BCUT2D eigenvalue weighted by Crippen LogP contribution is -2.13. The maximum absolute atomic E-state index is 7.20. The van der Waals surface area contributed by atoms with Crippen LogP contribution in [0.5, 0.6) is 0 Å². The highest BCUT2D eigenvalue weighted by molar-refractivity contribution is 6.34. The molecule has 57 heavy (non-hydrogen) atoms. The zero-order valence-corrected chi connectivity index (χ0v) is 31.2. The number of hydrogen-bond acceptors (Lipinski definition) is 5. The summed E-state index contributed by atoms with van der Waals surface area (Å²) in [5, 5.41) is 2.79. The number of anilines is 3. The van der Waals surface area contributed by atoms with Crippen LogP contribution in [0.1, 0.15) is 0 Å². The van der Waals surface area contributed by atoms with Crippen LogP contribution in [0, 0.1) is 0 Å². The van der Waals surface area contributed by atoms with Gasteiger partial charge in [-0.2, -0.15) is 0 Å². The summed E-state index contributed by atoms with van der Waals surface area (Å²) < 4.78 is 6.40. The Hall–Kier alpha value is -7.34. The van der Waals surface area contributed by atoms with Gasteiger partial charge in [0.15, 0.2) is 17.5 Å². The van der Waals surface area contributed by atoms with Crippen LogP contribution in [0.25, 0.3) is 89.5 Å². The number of nitrogens with zero attached hydrogens (tertiary/aromatic N) is 4. The van der Waals surface area contributed by atoms with Crippen molar-refractivity contribution in [3.8, 4) is 67.5 Å². The predicted molar refractivity (Wildman–Crippen MR) is 233 cm³/mol. The second-order valence-corrected chi connectivity index (χ2v) is 14.5. The molecule has 0 atom stereocenters. The summed E-state index contributed by atoms with van der Waals surface area (Å²) in [6.45, 7) is 0. The fraction of sp³-hybridized carbons (Fsp3) is 0. The lowest BCUT2D eigenvalue weighted by atomic mass is 9.90. The Morgan fingerprint density at radius 3 is 1.63 bits per heavy atom. The normalized spacial score (nSPS) is 11.9. The van der Waals surface area contributed by atoms with Crippen LogP contribution in [0.4, 0.5) is 17.1 Å². The van der Waals surface area contributed by atoms with Gasteiger partial charge >= 0.3 is 0 Å². The number of para-hydroxylation sites is 3. The minimum atomic E-state index is 0.591. The van der Waals surface area contributed by atoms with Gasteiger partial charge in [0.05, 0.1) is 22.1 Å². The minimum absolute atomic E-state index is 0.591. The van der Waals surface area contributed by atoms with Crippen molar-refractivity contribution in [2.75, 3.05) is 4.90 Å². The molecule has 3 heterocycles. The standard InChI is InChI=1S/C51H31ClN4O/c52-42-25-10-11-26-44(42)56-43-30-29-34(51-54-49(32-15-3-1-4-16-32)53-50(55-51)33-17-5-2-6-18-33)31-41(43)36-20-8-7-19-35(36)38-23-13-24-39(48(38)56)37-22-14-28-46-47(37)40-21-9-12-27-45(40)57-46/h1-31H. The van der Waals surface area contributed by atoms with E-state index < -0.39 is 0 Å². The van der Waals surface area contributed by atoms with Crippen molar-refractivity contribution in [2.24, 2.45) is 0 Å². The molecule has 0 saturated heterocycles. The highest BCUT2D eigenvalue weighted by Crippen LogP contribution is 2.56. The molecule has 0 spiro atoms. The third kappa shape index (κ3) is 5.51. The average Bonchev–Trinajstić information content (AvgIpc) is 3.61. The van der Waals surface area contributed by atoms with E-state index in [0.29, 0.717) is 22.5 Å². The third-order valence-corrected chi connectivity index (χ3v) is 11.1. The molecule has 0 amide bonds. The van der Waals surface area contributed by atoms with Gasteiger partial charge in [-0.3, -0.25) is 0 Å². The summed E-state index contributed by atoms with van der Waals surface area (Å²) in [5.41, 5.74) is 13.8. The van der Waals surface area contributed by atoms with Crippen LogP contribution >= 0.6 is 11.6 Å². The van der Waals surface area contributed by atoms with Gasteiger partial charge < -0.3 is 9.32 Å². The maximum atomic E-state index is 7.20. The zero-order chi connectivity index (χ0) is 37.9. The molecule has 1 aliphatic rings. The van der Waals surface area contributed by atoms with E-state index in [-0.39, 0.29) is 0 Å². The molecule has 5 nitrogen and oxygen atoms in total. The van der Waals surface area contributed by atoms with Gasteiger partial charge in [0, 0.05) is 44.2 Å². The molecule has 10 aromatic rings. The number of aromatic nitrogens is 3. The van der Waals surface area contributed by atoms with E-state index in [0.717, 1.165) is 89.1 Å². The first-order valence-electron chi connectivity index (χ1n) is 18.9. The van der Waals surface area contributed by atoms with Crippen molar-refractivity contribution in [3.05, 3.63) is 193 Å². The second-order valence-electron chi connectivity index (χ2n) is 14.1. The van der Waals surface area contributed by atoms with E-state index in [1.165, 1.54) is 0 Å². The van der Waals surface area contributed by atoms with Gasteiger partial charge in [0.1, 0.15) is 11.2 Å². The van der Waals surface area contributed by atoms with E-state index in [1.807, 2.05) is 97.1 Å². The Kier molecular flexibility index (Phi) is 7.79. The van der Waals surface area contributed by atoms with E-state index >= 15 is 0 Å². The summed E-state index contributed by atoms with van der Waals surface area (Å²) in [7, 11) is 0. The van der Waals surface area contributed by atoms with Crippen LogP contribution in [0.3, 0.4) is 0 Å². The topological polar surface area (TPSA) is 55.1 Å². The quantitative estimate of drug-likeness (QED) is 0.175. The molecule has 0 radical (unpaired) electrons. The zero-order valence-electron chi connectivity index (χ0n) is 30.5. The summed E-state index contributed by atoms with van der Waals surface area (Å²) in [5.74, 6) is 1.82. The Morgan fingerprint density at radius 2 is 0.912 bits per heavy atom. The van der Waals surface area contributed by atoms with Gasteiger partial charge in [0.2, 0.25) is 0 Å². The molecule has 6 heteroatoms.